The van der Waals surface area contributed by atoms with Crippen molar-refractivity contribution in [2.75, 3.05) is 59.4 Å². The van der Waals surface area contributed by atoms with E-state index in [1.165, 1.54) is 11.1 Å². The first kappa shape index (κ1) is 24.9. The van der Waals surface area contributed by atoms with E-state index in [1.54, 1.807) is 0 Å². The van der Waals surface area contributed by atoms with Gasteiger partial charge in [0.05, 0.1) is 13.1 Å². The number of likely N-dealkylation sites (N-methyl/N-ethyl adjacent to an activating group) is 1. The highest BCUT2D eigenvalue weighted by atomic mass is 127. The molecule has 2 fully saturated rings. The van der Waals surface area contributed by atoms with Gasteiger partial charge in [0.1, 0.15) is 0 Å². The van der Waals surface area contributed by atoms with Crippen molar-refractivity contribution in [3.05, 3.63) is 35.4 Å². The summed E-state index contributed by atoms with van der Waals surface area (Å²) in [6.07, 6.45) is 2.23. The van der Waals surface area contributed by atoms with Crippen molar-refractivity contribution in [3.8, 4) is 0 Å². The highest BCUT2D eigenvalue weighted by Gasteiger charge is 2.17. The average Bonchev–Trinajstić information content (AvgIpc) is 3.28. The summed E-state index contributed by atoms with van der Waals surface area (Å²) in [6, 6.07) is 8.74. The Morgan fingerprint density at radius 2 is 1.60 bits per heavy atom. The molecule has 30 heavy (non-hydrogen) atoms. The van der Waals surface area contributed by atoms with E-state index >= 15 is 0 Å². The molecule has 0 aliphatic carbocycles. The molecule has 0 bridgehead atoms. The van der Waals surface area contributed by atoms with Crippen molar-refractivity contribution < 1.29 is 4.79 Å². The first-order chi connectivity index (χ1) is 14.1. The Bertz CT molecular complexity index is 667. The summed E-state index contributed by atoms with van der Waals surface area (Å²) in [4.78, 5) is 23.7. The minimum Gasteiger partial charge on any atom is -0.357 e. The molecule has 0 atom stereocenters. The second kappa shape index (κ2) is 13.1. The summed E-state index contributed by atoms with van der Waals surface area (Å²) in [5.74, 6) is 0.850. The smallest absolute Gasteiger partial charge is 0.241 e. The maximum absolute atomic E-state index is 12.2. The maximum Gasteiger partial charge on any atom is 0.241 e. The zero-order valence-electron chi connectivity index (χ0n) is 18.4. The van der Waals surface area contributed by atoms with E-state index in [9.17, 15) is 4.79 Å². The number of likely N-dealkylation sites (tertiary alicyclic amines) is 1. The Labute approximate surface area is 198 Å². The van der Waals surface area contributed by atoms with E-state index in [1.807, 2.05) is 11.8 Å². The fourth-order valence-electron chi connectivity index (χ4n) is 3.76. The molecule has 1 aromatic rings. The number of aliphatic imine (C=N–C) groups is 1. The van der Waals surface area contributed by atoms with E-state index in [2.05, 4.69) is 56.7 Å². The van der Waals surface area contributed by atoms with Crippen LogP contribution in [0.3, 0.4) is 0 Å². The molecule has 0 aromatic heterocycles. The summed E-state index contributed by atoms with van der Waals surface area (Å²) < 4.78 is 0. The number of hydrogen-bond acceptors (Lipinski definition) is 4. The molecule has 2 heterocycles. The van der Waals surface area contributed by atoms with E-state index < -0.39 is 0 Å². The Hall–Kier alpha value is -1.39. The molecular weight excluding hydrogens is 491 g/mol. The van der Waals surface area contributed by atoms with E-state index in [0.29, 0.717) is 19.0 Å². The lowest BCUT2D eigenvalue weighted by Gasteiger charge is -2.32. The van der Waals surface area contributed by atoms with Crippen LogP contribution in [0.4, 0.5) is 0 Å². The predicted octanol–water partition coefficient (Wildman–Crippen LogP) is 1.73. The second-order valence-corrected chi connectivity index (χ2v) is 8.03. The van der Waals surface area contributed by atoms with Gasteiger partial charge in [-0.05, 0) is 37.9 Å². The van der Waals surface area contributed by atoms with Crippen LogP contribution in [0.25, 0.3) is 0 Å². The lowest BCUT2D eigenvalue weighted by Crippen LogP contribution is -2.44. The third-order valence-corrected chi connectivity index (χ3v) is 5.65. The Morgan fingerprint density at radius 1 is 0.967 bits per heavy atom. The van der Waals surface area contributed by atoms with E-state index in [-0.39, 0.29) is 29.9 Å². The SMILES string of the molecule is CCNC(=NCc1ccc(CN2CCN(C)CC2)cc1)NCC(=O)N1CCCC1.I. The number of carbonyl (C=O) groups is 1. The van der Waals surface area contributed by atoms with E-state index in [0.717, 1.165) is 65.2 Å². The molecule has 1 amide bonds. The van der Waals surface area contributed by atoms with Crippen molar-refractivity contribution in [1.29, 1.82) is 0 Å². The summed E-state index contributed by atoms with van der Waals surface area (Å²) in [5, 5.41) is 6.40. The molecule has 0 radical (unpaired) electrons. The second-order valence-electron chi connectivity index (χ2n) is 8.03. The van der Waals surface area contributed by atoms with Gasteiger partial charge < -0.3 is 20.4 Å². The molecule has 0 unspecified atom stereocenters. The number of benzene rings is 1. The molecule has 2 saturated heterocycles. The summed E-state index contributed by atoms with van der Waals surface area (Å²) in [7, 11) is 2.19. The number of halogens is 1. The largest absolute Gasteiger partial charge is 0.357 e. The van der Waals surface area contributed by atoms with Crippen LogP contribution in [0.1, 0.15) is 30.9 Å². The van der Waals surface area contributed by atoms with E-state index in [4.69, 9.17) is 0 Å². The lowest BCUT2D eigenvalue weighted by atomic mass is 10.1. The average molecular weight is 528 g/mol. The normalized spacial score (nSPS) is 18.2. The first-order valence-electron chi connectivity index (χ1n) is 10.9. The number of carbonyl (C=O) groups excluding carboxylic acids is 1. The van der Waals surface area contributed by atoms with Crippen molar-refractivity contribution in [3.63, 3.8) is 0 Å². The number of nitrogens with zero attached hydrogens (tertiary/aromatic N) is 4. The van der Waals surface area contributed by atoms with Crippen LogP contribution in [-0.4, -0.2) is 86.0 Å². The first-order valence-corrected chi connectivity index (χ1v) is 10.9. The minimum atomic E-state index is 0. The van der Waals surface area contributed by atoms with Gasteiger partial charge in [0.15, 0.2) is 5.96 Å². The van der Waals surface area contributed by atoms with Gasteiger partial charge in [-0.1, -0.05) is 24.3 Å². The molecule has 0 spiro atoms. The van der Waals surface area contributed by atoms with Crippen molar-refractivity contribution in [2.45, 2.75) is 32.9 Å². The molecule has 3 rings (SSSR count). The maximum atomic E-state index is 12.2. The van der Waals surface area contributed by atoms with Gasteiger partial charge in [-0.3, -0.25) is 9.69 Å². The van der Waals surface area contributed by atoms with Gasteiger partial charge >= 0.3 is 0 Å². The van der Waals surface area contributed by atoms with Crippen LogP contribution in [0.5, 0.6) is 0 Å². The molecular formula is C22H37IN6O. The highest BCUT2D eigenvalue weighted by molar-refractivity contribution is 14.0. The zero-order chi connectivity index (χ0) is 20.5. The molecule has 8 heteroatoms. The van der Waals surface area contributed by atoms with Crippen LogP contribution >= 0.6 is 24.0 Å². The predicted molar refractivity (Wildman–Crippen MR) is 133 cm³/mol. The molecule has 2 aliphatic heterocycles. The number of amides is 1. The third-order valence-electron chi connectivity index (χ3n) is 5.65. The number of nitrogens with one attached hydrogen (secondary N) is 2. The number of rotatable bonds is 7. The fraction of sp³-hybridized carbons (Fsp3) is 0.636. The van der Waals surface area contributed by atoms with Crippen LogP contribution < -0.4 is 10.6 Å². The molecule has 2 N–H and O–H groups in total. The number of guanidine groups is 1. The fourth-order valence-corrected chi connectivity index (χ4v) is 3.76. The highest BCUT2D eigenvalue weighted by Crippen LogP contribution is 2.10. The monoisotopic (exact) mass is 528 g/mol. The van der Waals surface area contributed by atoms with Gasteiger partial charge in [-0.25, -0.2) is 4.99 Å². The molecule has 0 saturated carbocycles. The van der Waals surface area contributed by atoms with Crippen molar-refractivity contribution in [1.82, 2.24) is 25.3 Å². The topological polar surface area (TPSA) is 63.2 Å². The third kappa shape index (κ3) is 8.03. The Balaban J connectivity index is 0.00000320. The molecule has 2 aliphatic rings. The summed E-state index contributed by atoms with van der Waals surface area (Å²) in [5.41, 5.74) is 2.53. The van der Waals surface area contributed by atoms with Crippen molar-refractivity contribution >= 4 is 35.8 Å². The zero-order valence-corrected chi connectivity index (χ0v) is 20.7. The summed E-state index contributed by atoms with van der Waals surface area (Å²) in [6.45, 7) is 11.1. The van der Waals surface area contributed by atoms with Gasteiger partial charge in [-0.15, -0.1) is 24.0 Å². The Morgan fingerprint density at radius 3 is 2.23 bits per heavy atom. The standard InChI is InChI=1S/C22H36N6O.HI/c1-3-23-22(25-17-21(29)28-10-4-5-11-28)24-16-19-6-8-20(9-7-19)18-27-14-12-26(2)13-15-27;/h6-9H,3-5,10-18H2,1-2H3,(H2,23,24,25);1H. The minimum absolute atomic E-state index is 0. The van der Waals surface area contributed by atoms with Gasteiger partial charge in [0, 0.05) is 52.4 Å². The van der Waals surface area contributed by atoms with Gasteiger partial charge in [0.2, 0.25) is 5.91 Å². The quantitative estimate of drug-likeness (QED) is 0.321. The van der Waals surface area contributed by atoms with Crippen LogP contribution in [0, 0.1) is 0 Å². The van der Waals surface area contributed by atoms with Gasteiger partial charge in [0.25, 0.3) is 0 Å². The number of hydrogen-bond donors (Lipinski definition) is 2. The number of piperazine rings is 1. The molecule has 7 nitrogen and oxygen atoms in total. The van der Waals surface area contributed by atoms with Crippen LogP contribution in [-0.2, 0) is 17.9 Å². The van der Waals surface area contributed by atoms with Gasteiger partial charge in [-0.2, -0.15) is 0 Å². The molecule has 1 aromatic carbocycles. The molecule has 168 valence electrons. The lowest BCUT2D eigenvalue weighted by molar-refractivity contribution is -0.128. The van der Waals surface area contributed by atoms with Crippen molar-refractivity contribution in [2.24, 2.45) is 4.99 Å². The van der Waals surface area contributed by atoms with Crippen LogP contribution in [0.15, 0.2) is 29.3 Å². The Kier molecular flexibility index (Phi) is 10.9. The summed E-state index contributed by atoms with van der Waals surface area (Å²) >= 11 is 0. The van der Waals surface area contributed by atoms with Crippen LogP contribution in [0.2, 0.25) is 0 Å².